The second kappa shape index (κ2) is 5.14. The Bertz CT molecular complexity index is 340. The Morgan fingerprint density at radius 1 is 1.50 bits per heavy atom. The number of nitrogens with zero attached hydrogens (tertiary/aromatic N) is 2. The zero-order chi connectivity index (χ0) is 11.4. The van der Waals surface area contributed by atoms with Crippen LogP contribution in [0.4, 0.5) is 11.5 Å². The molecule has 0 aliphatic carbocycles. The van der Waals surface area contributed by atoms with Gasteiger partial charge in [0, 0.05) is 38.1 Å². The van der Waals surface area contributed by atoms with Crippen LogP contribution in [0, 0.1) is 0 Å². The van der Waals surface area contributed by atoms with Gasteiger partial charge < -0.3 is 20.1 Å². The van der Waals surface area contributed by atoms with Crippen LogP contribution in [0.25, 0.3) is 0 Å². The molecule has 0 saturated carbocycles. The van der Waals surface area contributed by atoms with Crippen molar-refractivity contribution >= 4 is 11.5 Å². The topological polar surface area (TPSA) is 60.6 Å². The Kier molecular flexibility index (Phi) is 3.58. The smallest absolute Gasteiger partial charge is 0.130 e. The lowest BCUT2D eigenvalue weighted by Crippen LogP contribution is -2.53. The first-order valence-corrected chi connectivity index (χ1v) is 5.36. The second-order valence-corrected chi connectivity index (χ2v) is 3.84. The molecule has 1 aromatic rings. The average molecular weight is 223 g/mol. The molecule has 0 atom stereocenters. The summed E-state index contributed by atoms with van der Waals surface area (Å²) in [5.41, 5.74) is 6.44. The summed E-state index contributed by atoms with van der Waals surface area (Å²) in [6, 6.07) is 3.67. The largest absolute Gasteiger partial charge is 0.399 e. The van der Waals surface area contributed by atoms with Crippen LogP contribution in [0.1, 0.15) is 0 Å². The summed E-state index contributed by atoms with van der Waals surface area (Å²) in [6.07, 6.45) is 2.02. The number of hydrogen-bond donors (Lipinski definition) is 1. The predicted octanol–water partition coefficient (Wildman–Crippen LogP) is 0.515. The Labute approximate surface area is 95.2 Å². The molecular weight excluding hydrogens is 206 g/mol. The van der Waals surface area contributed by atoms with Crippen LogP contribution < -0.4 is 10.6 Å². The lowest BCUT2D eigenvalue weighted by molar-refractivity contribution is 0.00376. The van der Waals surface area contributed by atoms with Crippen molar-refractivity contribution < 1.29 is 9.47 Å². The van der Waals surface area contributed by atoms with Gasteiger partial charge in [0.05, 0.1) is 19.3 Å². The van der Waals surface area contributed by atoms with Crippen molar-refractivity contribution in [2.24, 2.45) is 0 Å². The first kappa shape index (κ1) is 11.2. The van der Waals surface area contributed by atoms with Crippen molar-refractivity contribution in [2.45, 2.75) is 6.10 Å². The van der Waals surface area contributed by atoms with Gasteiger partial charge in [-0.3, -0.25) is 0 Å². The predicted molar refractivity (Wildman–Crippen MR) is 62.5 cm³/mol. The fourth-order valence-electron chi connectivity index (χ4n) is 1.64. The van der Waals surface area contributed by atoms with E-state index in [9.17, 15) is 0 Å². The van der Waals surface area contributed by atoms with Gasteiger partial charge in [-0.05, 0) is 6.07 Å². The molecule has 0 spiro atoms. The van der Waals surface area contributed by atoms with Crippen LogP contribution in [0.2, 0.25) is 0 Å². The second-order valence-electron chi connectivity index (χ2n) is 3.84. The van der Waals surface area contributed by atoms with Crippen molar-refractivity contribution in [3.8, 4) is 0 Å². The summed E-state index contributed by atoms with van der Waals surface area (Å²) in [7, 11) is 1.67. The highest BCUT2D eigenvalue weighted by Crippen LogP contribution is 2.21. The van der Waals surface area contributed by atoms with Crippen molar-refractivity contribution in [2.75, 3.05) is 44.0 Å². The number of pyridine rings is 1. The molecule has 16 heavy (non-hydrogen) atoms. The molecule has 0 radical (unpaired) electrons. The monoisotopic (exact) mass is 223 g/mol. The molecule has 88 valence electrons. The fraction of sp³-hybridized carbons (Fsp3) is 0.545. The van der Waals surface area contributed by atoms with Gasteiger partial charge in [-0.25, -0.2) is 4.98 Å². The summed E-state index contributed by atoms with van der Waals surface area (Å²) in [4.78, 5) is 6.40. The molecule has 1 aliphatic rings. The molecule has 1 aliphatic heterocycles. The Morgan fingerprint density at radius 2 is 2.31 bits per heavy atom. The molecule has 2 N–H and O–H groups in total. The van der Waals surface area contributed by atoms with Gasteiger partial charge in [0.25, 0.3) is 0 Å². The summed E-state index contributed by atoms with van der Waals surface area (Å²) >= 11 is 0. The Hall–Kier alpha value is -1.33. The van der Waals surface area contributed by atoms with E-state index in [-0.39, 0.29) is 0 Å². The minimum absolute atomic E-state index is 0.290. The SMILES string of the molecule is COCCOC1CN(c2cc(N)ccn2)C1. The molecular formula is C11H17N3O2. The molecule has 0 amide bonds. The van der Waals surface area contributed by atoms with E-state index in [0.29, 0.717) is 19.3 Å². The number of nitrogens with two attached hydrogens (primary N) is 1. The Balaban J connectivity index is 1.75. The first-order chi connectivity index (χ1) is 7.79. The molecule has 1 aromatic heterocycles. The molecule has 0 bridgehead atoms. The summed E-state index contributed by atoms with van der Waals surface area (Å²) in [5.74, 6) is 0.923. The normalized spacial score (nSPS) is 16.2. The fourth-order valence-corrected chi connectivity index (χ4v) is 1.64. The van der Waals surface area contributed by atoms with E-state index in [4.69, 9.17) is 15.2 Å². The number of rotatable bonds is 5. The maximum atomic E-state index is 5.69. The minimum Gasteiger partial charge on any atom is -0.399 e. The number of nitrogen functional groups attached to an aromatic ring is 1. The van der Waals surface area contributed by atoms with Crippen molar-refractivity contribution in [1.29, 1.82) is 0 Å². The molecule has 2 heterocycles. The molecule has 2 rings (SSSR count). The van der Waals surface area contributed by atoms with Crippen LogP contribution in [0.5, 0.6) is 0 Å². The van der Waals surface area contributed by atoms with Gasteiger partial charge in [-0.1, -0.05) is 0 Å². The zero-order valence-electron chi connectivity index (χ0n) is 9.43. The molecule has 1 fully saturated rings. The highest BCUT2D eigenvalue weighted by molar-refractivity contribution is 5.51. The van der Waals surface area contributed by atoms with E-state index in [0.717, 1.165) is 24.6 Å². The van der Waals surface area contributed by atoms with E-state index in [1.165, 1.54) is 0 Å². The molecule has 5 nitrogen and oxygen atoms in total. The van der Waals surface area contributed by atoms with E-state index < -0.39 is 0 Å². The summed E-state index contributed by atoms with van der Waals surface area (Å²) in [6.45, 7) is 3.05. The van der Waals surface area contributed by atoms with Gasteiger partial charge in [0.15, 0.2) is 0 Å². The summed E-state index contributed by atoms with van der Waals surface area (Å²) in [5, 5.41) is 0. The molecule has 1 saturated heterocycles. The quantitative estimate of drug-likeness (QED) is 0.737. The van der Waals surface area contributed by atoms with Gasteiger partial charge in [0.2, 0.25) is 0 Å². The van der Waals surface area contributed by atoms with E-state index >= 15 is 0 Å². The van der Waals surface area contributed by atoms with Crippen LogP contribution in [0.15, 0.2) is 18.3 Å². The van der Waals surface area contributed by atoms with Gasteiger partial charge in [0.1, 0.15) is 5.82 Å². The van der Waals surface area contributed by atoms with Crippen molar-refractivity contribution in [3.05, 3.63) is 18.3 Å². The lowest BCUT2D eigenvalue weighted by Gasteiger charge is -2.39. The third-order valence-corrected chi connectivity index (χ3v) is 2.58. The number of aromatic nitrogens is 1. The number of ether oxygens (including phenoxy) is 2. The number of methoxy groups -OCH3 is 1. The average Bonchev–Trinajstić information content (AvgIpc) is 2.21. The first-order valence-electron chi connectivity index (χ1n) is 5.36. The molecule has 5 heteroatoms. The third kappa shape index (κ3) is 2.62. The highest BCUT2D eigenvalue weighted by Gasteiger charge is 2.28. The Morgan fingerprint density at radius 3 is 3.00 bits per heavy atom. The van der Waals surface area contributed by atoms with Crippen LogP contribution in [-0.4, -0.2) is 44.5 Å². The zero-order valence-corrected chi connectivity index (χ0v) is 9.43. The van der Waals surface area contributed by atoms with Crippen molar-refractivity contribution in [1.82, 2.24) is 4.98 Å². The number of anilines is 2. The van der Waals surface area contributed by atoms with E-state index in [2.05, 4.69) is 9.88 Å². The molecule has 0 aromatic carbocycles. The maximum absolute atomic E-state index is 5.69. The van der Waals surface area contributed by atoms with E-state index in [1.807, 2.05) is 6.07 Å². The van der Waals surface area contributed by atoms with Gasteiger partial charge in [-0.15, -0.1) is 0 Å². The molecule has 0 unspecified atom stereocenters. The lowest BCUT2D eigenvalue weighted by atomic mass is 10.1. The van der Waals surface area contributed by atoms with Crippen LogP contribution >= 0.6 is 0 Å². The van der Waals surface area contributed by atoms with Crippen LogP contribution in [-0.2, 0) is 9.47 Å². The van der Waals surface area contributed by atoms with Gasteiger partial charge >= 0.3 is 0 Å². The standard InChI is InChI=1S/C11H17N3O2/c1-15-4-5-16-10-7-14(8-10)11-6-9(12)2-3-13-11/h2-3,6,10H,4-5,7-8H2,1H3,(H2,12,13). The highest BCUT2D eigenvalue weighted by atomic mass is 16.5. The number of hydrogen-bond acceptors (Lipinski definition) is 5. The summed E-state index contributed by atoms with van der Waals surface area (Å²) < 4.78 is 10.5. The maximum Gasteiger partial charge on any atom is 0.130 e. The van der Waals surface area contributed by atoms with Crippen molar-refractivity contribution in [3.63, 3.8) is 0 Å². The third-order valence-electron chi connectivity index (χ3n) is 2.58. The minimum atomic E-state index is 0.290. The van der Waals surface area contributed by atoms with Crippen LogP contribution in [0.3, 0.4) is 0 Å². The van der Waals surface area contributed by atoms with E-state index in [1.54, 1.807) is 19.4 Å². The van der Waals surface area contributed by atoms with Gasteiger partial charge in [-0.2, -0.15) is 0 Å².